The van der Waals surface area contributed by atoms with Crippen LogP contribution in [0.5, 0.6) is 0 Å². The first kappa shape index (κ1) is 13.1. The van der Waals surface area contributed by atoms with Crippen molar-refractivity contribution in [1.82, 2.24) is 15.1 Å². The molecule has 4 heteroatoms. The molecule has 0 fully saturated rings. The fraction of sp³-hybridized carbons (Fsp3) is 0.357. The van der Waals surface area contributed by atoms with E-state index in [-0.39, 0.29) is 0 Å². The van der Waals surface area contributed by atoms with Gasteiger partial charge < -0.3 is 5.32 Å². The molecule has 2 rings (SSSR count). The van der Waals surface area contributed by atoms with Crippen LogP contribution in [0.2, 0.25) is 5.02 Å². The second-order valence-electron chi connectivity index (χ2n) is 4.38. The Kier molecular flexibility index (Phi) is 4.39. The van der Waals surface area contributed by atoms with Gasteiger partial charge in [0, 0.05) is 30.4 Å². The Bertz CT molecular complexity index is 520. The van der Waals surface area contributed by atoms with E-state index < -0.39 is 0 Å². The highest BCUT2D eigenvalue weighted by Crippen LogP contribution is 2.26. The van der Waals surface area contributed by atoms with Crippen molar-refractivity contribution >= 4 is 11.6 Å². The smallest absolute Gasteiger partial charge is 0.0568 e. The molecule has 0 saturated heterocycles. The number of nitrogens with one attached hydrogen (secondary N) is 1. The fourth-order valence-electron chi connectivity index (χ4n) is 1.95. The molecule has 1 heterocycles. The van der Waals surface area contributed by atoms with Crippen molar-refractivity contribution in [3.05, 3.63) is 41.2 Å². The van der Waals surface area contributed by atoms with Crippen molar-refractivity contribution in [3.63, 3.8) is 0 Å². The van der Waals surface area contributed by atoms with E-state index >= 15 is 0 Å². The lowest BCUT2D eigenvalue weighted by Gasteiger charge is -2.09. The standard InChI is InChI=1S/C14H18ClN3/c1-3-6-16-8-11-7-13(15)4-5-14(11)12-9-17-18(2)10-12/h4-5,7,9-10,16H,3,6,8H2,1-2H3. The molecule has 1 N–H and O–H groups in total. The van der Waals surface area contributed by atoms with Crippen LogP contribution in [0.4, 0.5) is 0 Å². The Morgan fingerprint density at radius 1 is 1.39 bits per heavy atom. The fourth-order valence-corrected chi connectivity index (χ4v) is 2.15. The minimum atomic E-state index is 0.774. The summed E-state index contributed by atoms with van der Waals surface area (Å²) in [6.45, 7) is 4.00. The van der Waals surface area contributed by atoms with Crippen molar-refractivity contribution in [2.24, 2.45) is 7.05 Å². The molecule has 0 unspecified atom stereocenters. The summed E-state index contributed by atoms with van der Waals surface area (Å²) in [6, 6.07) is 6.00. The minimum absolute atomic E-state index is 0.774. The van der Waals surface area contributed by atoms with Gasteiger partial charge in [-0.3, -0.25) is 4.68 Å². The van der Waals surface area contributed by atoms with Gasteiger partial charge in [-0.25, -0.2) is 0 Å². The van der Waals surface area contributed by atoms with E-state index in [1.807, 2.05) is 36.3 Å². The summed E-state index contributed by atoms with van der Waals surface area (Å²) < 4.78 is 1.81. The van der Waals surface area contributed by atoms with Crippen molar-refractivity contribution in [2.45, 2.75) is 19.9 Å². The minimum Gasteiger partial charge on any atom is -0.313 e. The van der Waals surface area contributed by atoms with E-state index in [4.69, 9.17) is 11.6 Å². The van der Waals surface area contributed by atoms with Gasteiger partial charge in [-0.05, 0) is 36.2 Å². The predicted molar refractivity (Wildman–Crippen MR) is 75.7 cm³/mol. The molecule has 0 saturated carbocycles. The molecule has 0 bridgehead atoms. The highest BCUT2D eigenvalue weighted by Gasteiger charge is 2.07. The molecule has 0 radical (unpaired) electrons. The van der Waals surface area contributed by atoms with Crippen molar-refractivity contribution < 1.29 is 0 Å². The second kappa shape index (κ2) is 6.03. The van der Waals surface area contributed by atoms with Crippen LogP contribution in [0.1, 0.15) is 18.9 Å². The number of benzene rings is 1. The Balaban J connectivity index is 2.28. The molecule has 3 nitrogen and oxygen atoms in total. The maximum Gasteiger partial charge on any atom is 0.0568 e. The summed E-state index contributed by atoms with van der Waals surface area (Å²) in [5, 5.41) is 8.40. The molecule has 0 atom stereocenters. The number of nitrogens with zero attached hydrogens (tertiary/aromatic N) is 2. The molecule has 0 aliphatic rings. The molecular weight excluding hydrogens is 246 g/mol. The third-order valence-corrected chi connectivity index (χ3v) is 3.06. The van der Waals surface area contributed by atoms with Crippen LogP contribution in [0.25, 0.3) is 11.1 Å². The first-order chi connectivity index (χ1) is 8.70. The summed E-state index contributed by atoms with van der Waals surface area (Å²) in [4.78, 5) is 0. The van der Waals surface area contributed by atoms with E-state index in [2.05, 4.69) is 23.4 Å². The third kappa shape index (κ3) is 3.12. The van der Waals surface area contributed by atoms with Gasteiger partial charge in [-0.1, -0.05) is 24.6 Å². The average molecular weight is 264 g/mol. The van der Waals surface area contributed by atoms with Crippen LogP contribution in [0.15, 0.2) is 30.6 Å². The second-order valence-corrected chi connectivity index (χ2v) is 4.82. The van der Waals surface area contributed by atoms with E-state index in [1.54, 1.807) is 0 Å². The lowest BCUT2D eigenvalue weighted by Crippen LogP contribution is -2.14. The van der Waals surface area contributed by atoms with Gasteiger partial charge in [0.15, 0.2) is 0 Å². The number of hydrogen-bond acceptors (Lipinski definition) is 2. The van der Waals surface area contributed by atoms with Gasteiger partial charge >= 0.3 is 0 Å². The van der Waals surface area contributed by atoms with E-state index in [9.17, 15) is 0 Å². The average Bonchev–Trinajstić information content (AvgIpc) is 2.76. The Hall–Kier alpha value is -1.32. The summed E-state index contributed by atoms with van der Waals surface area (Å²) >= 11 is 6.07. The van der Waals surface area contributed by atoms with Gasteiger partial charge in [-0.15, -0.1) is 0 Å². The SMILES string of the molecule is CCCNCc1cc(Cl)ccc1-c1cnn(C)c1. The van der Waals surface area contributed by atoms with Gasteiger partial charge in [-0.2, -0.15) is 5.10 Å². The molecule has 0 aliphatic heterocycles. The molecule has 0 amide bonds. The molecule has 96 valence electrons. The highest BCUT2D eigenvalue weighted by molar-refractivity contribution is 6.30. The summed E-state index contributed by atoms with van der Waals surface area (Å²) in [5.74, 6) is 0. The number of rotatable bonds is 5. The quantitative estimate of drug-likeness (QED) is 0.840. The third-order valence-electron chi connectivity index (χ3n) is 2.83. The first-order valence-electron chi connectivity index (χ1n) is 6.19. The summed E-state index contributed by atoms with van der Waals surface area (Å²) in [7, 11) is 1.93. The van der Waals surface area contributed by atoms with Gasteiger partial charge in [0.25, 0.3) is 0 Å². The van der Waals surface area contributed by atoms with Crippen molar-refractivity contribution in [1.29, 1.82) is 0 Å². The topological polar surface area (TPSA) is 29.9 Å². The number of aromatic nitrogens is 2. The van der Waals surface area contributed by atoms with Crippen LogP contribution in [0.3, 0.4) is 0 Å². The lowest BCUT2D eigenvalue weighted by atomic mass is 10.0. The maximum atomic E-state index is 6.07. The monoisotopic (exact) mass is 263 g/mol. The molecule has 0 aliphatic carbocycles. The van der Waals surface area contributed by atoms with Gasteiger partial charge in [0.1, 0.15) is 0 Å². The Morgan fingerprint density at radius 3 is 2.89 bits per heavy atom. The molecule has 1 aromatic heterocycles. The van der Waals surface area contributed by atoms with Crippen LogP contribution < -0.4 is 5.32 Å². The zero-order valence-corrected chi connectivity index (χ0v) is 11.5. The van der Waals surface area contributed by atoms with E-state index in [0.717, 1.165) is 30.1 Å². The van der Waals surface area contributed by atoms with Crippen LogP contribution in [0, 0.1) is 0 Å². The Morgan fingerprint density at radius 2 is 2.22 bits per heavy atom. The number of halogens is 1. The van der Waals surface area contributed by atoms with E-state index in [1.165, 1.54) is 11.1 Å². The van der Waals surface area contributed by atoms with Crippen LogP contribution >= 0.6 is 11.6 Å². The predicted octanol–water partition coefficient (Wildman–Crippen LogP) is 3.24. The van der Waals surface area contributed by atoms with Crippen molar-refractivity contribution in [2.75, 3.05) is 6.54 Å². The van der Waals surface area contributed by atoms with Crippen LogP contribution in [-0.4, -0.2) is 16.3 Å². The molecule has 0 spiro atoms. The molecule has 18 heavy (non-hydrogen) atoms. The molecular formula is C14H18ClN3. The molecule has 2 aromatic rings. The van der Waals surface area contributed by atoms with Gasteiger partial charge in [0.05, 0.1) is 6.20 Å². The van der Waals surface area contributed by atoms with Crippen molar-refractivity contribution in [3.8, 4) is 11.1 Å². The maximum absolute atomic E-state index is 6.07. The number of aryl methyl sites for hydroxylation is 1. The zero-order valence-electron chi connectivity index (χ0n) is 10.8. The number of hydrogen-bond donors (Lipinski definition) is 1. The van der Waals surface area contributed by atoms with Gasteiger partial charge in [0.2, 0.25) is 0 Å². The van der Waals surface area contributed by atoms with Crippen LogP contribution in [-0.2, 0) is 13.6 Å². The highest BCUT2D eigenvalue weighted by atomic mass is 35.5. The first-order valence-corrected chi connectivity index (χ1v) is 6.56. The zero-order chi connectivity index (χ0) is 13.0. The Labute approximate surface area is 113 Å². The molecule has 1 aromatic carbocycles. The lowest BCUT2D eigenvalue weighted by molar-refractivity contribution is 0.676. The summed E-state index contributed by atoms with van der Waals surface area (Å²) in [6.07, 6.45) is 5.03. The van der Waals surface area contributed by atoms with E-state index in [0.29, 0.717) is 0 Å². The summed E-state index contributed by atoms with van der Waals surface area (Å²) in [5.41, 5.74) is 3.53. The largest absolute Gasteiger partial charge is 0.313 e. The normalized spacial score (nSPS) is 10.8.